The van der Waals surface area contributed by atoms with E-state index in [2.05, 4.69) is 15.9 Å². The number of fused-ring (bicyclic) bond motifs is 1. The summed E-state index contributed by atoms with van der Waals surface area (Å²) in [6.45, 7) is 0.185. The molecule has 0 radical (unpaired) electrons. The van der Waals surface area contributed by atoms with Gasteiger partial charge in [-0.2, -0.15) is 0 Å². The first-order chi connectivity index (χ1) is 13.4. The molecule has 1 aliphatic rings. The van der Waals surface area contributed by atoms with E-state index >= 15 is 0 Å². The van der Waals surface area contributed by atoms with Crippen LogP contribution in [0.25, 0.3) is 0 Å². The number of carbonyl (C=O) groups excluding carboxylic acids is 2. The summed E-state index contributed by atoms with van der Waals surface area (Å²) in [4.78, 5) is 27.3. The van der Waals surface area contributed by atoms with Gasteiger partial charge in [0.25, 0.3) is 5.91 Å². The Morgan fingerprint density at radius 3 is 2.68 bits per heavy atom. The zero-order chi connectivity index (χ0) is 19.9. The zero-order valence-electron chi connectivity index (χ0n) is 14.6. The molecule has 28 heavy (non-hydrogen) atoms. The number of amides is 1. The van der Waals surface area contributed by atoms with Gasteiger partial charge in [-0.3, -0.25) is 9.59 Å². The number of nitrogens with zero attached hydrogens (tertiary/aromatic N) is 1. The van der Waals surface area contributed by atoms with Crippen LogP contribution in [0.15, 0.2) is 69.8 Å². The van der Waals surface area contributed by atoms with Gasteiger partial charge in [0.2, 0.25) is 5.78 Å². The number of furan rings is 1. The molecule has 1 atom stereocenters. The molecule has 2 aromatic carbocycles. The summed E-state index contributed by atoms with van der Waals surface area (Å²) in [7, 11) is 0. The van der Waals surface area contributed by atoms with Crippen LogP contribution in [0.5, 0.6) is 0 Å². The monoisotopic (exact) mass is 459 g/mol. The lowest BCUT2D eigenvalue weighted by molar-refractivity contribution is -0.136. The first-order valence-electron chi connectivity index (χ1n) is 8.54. The maximum Gasteiger partial charge on any atom is 0.264 e. The number of hydrogen-bond acceptors (Lipinski definition) is 4. The average molecular weight is 461 g/mol. The SMILES string of the molecule is O=C(C[C@]1(O)C(=O)N(Cc2ccccc2Cl)c2ccc(Br)cc21)c1ccco1. The van der Waals surface area contributed by atoms with Crippen LogP contribution in [0.2, 0.25) is 5.02 Å². The van der Waals surface area contributed by atoms with Crippen LogP contribution in [-0.4, -0.2) is 16.8 Å². The van der Waals surface area contributed by atoms with Gasteiger partial charge in [-0.1, -0.05) is 45.7 Å². The molecule has 0 spiro atoms. The van der Waals surface area contributed by atoms with Gasteiger partial charge in [-0.25, -0.2) is 0 Å². The molecular formula is C21H15BrClNO4. The second-order valence-corrected chi connectivity index (χ2v) is 7.90. The van der Waals surface area contributed by atoms with E-state index in [1.54, 1.807) is 36.4 Å². The van der Waals surface area contributed by atoms with Gasteiger partial charge < -0.3 is 14.4 Å². The van der Waals surface area contributed by atoms with Crippen LogP contribution >= 0.6 is 27.5 Å². The lowest BCUT2D eigenvalue weighted by Gasteiger charge is -2.22. The van der Waals surface area contributed by atoms with E-state index in [1.807, 2.05) is 12.1 Å². The Morgan fingerprint density at radius 2 is 1.96 bits per heavy atom. The quantitative estimate of drug-likeness (QED) is 0.560. The van der Waals surface area contributed by atoms with Gasteiger partial charge in [-0.15, -0.1) is 0 Å². The fourth-order valence-electron chi connectivity index (χ4n) is 3.40. The molecule has 0 fully saturated rings. The molecule has 1 N–H and O–H groups in total. The van der Waals surface area contributed by atoms with Gasteiger partial charge in [0.15, 0.2) is 11.4 Å². The second kappa shape index (κ2) is 7.20. The van der Waals surface area contributed by atoms with E-state index in [0.29, 0.717) is 20.7 Å². The number of ketones is 1. The molecule has 5 nitrogen and oxygen atoms in total. The Labute approximate surface area is 174 Å². The van der Waals surface area contributed by atoms with E-state index in [4.69, 9.17) is 16.0 Å². The number of aliphatic hydroxyl groups is 1. The maximum atomic E-state index is 13.3. The highest BCUT2D eigenvalue weighted by Gasteiger charge is 2.51. The smallest absolute Gasteiger partial charge is 0.264 e. The maximum absolute atomic E-state index is 13.3. The predicted octanol–water partition coefficient (Wildman–Crippen LogP) is 4.70. The molecular weight excluding hydrogens is 446 g/mol. The summed E-state index contributed by atoms with van der Waals surface area (Å²) in [6, 6.07) is 15.5. The fourth-order valence-corrected chi connectivity index (χ4v) is 3.96. The highest BCUT2D eigenvalue weighted by Crippen LogP contribution is 2.45. The van der Waals surface area contributed by atoms with E-state index < -0.39 is 23.7 Å². The van der Waals surface area contributed by atoms with Gasteiger partial charge >= 0.3 is 0 Å². The summed E-state index contributed by atoms with van der Waals surface area (Å²) < 4.78 is 5.82. The minimum Gasteiger partial charge on any atom is -0.461 e. The molecule has 1 aromatic heterocycles. The average Bonchev–Trinajstić information content (AvgIpc) is 3.27. The van der Waals surface area contributed by atoms with Crippen molar-refractivity contribution in [1.29, 1.82) is 0 Å². The van der Waals surface area contributed by atoms with Crippen molar-refractivity contribution >= 4 is 44.9 Å². The molecule has 0 saturated heterocycles. The number of rotatable bonds is 5. The number of hydrogen-bond donors (Lipinski definition) is 1. The fraction of sp³-hybridized carbons (Fsp3) is 0.143. The zero-order valence-corrected chi connectivity index (χ0v) is 16.9. The predicted molar refractivity (Wildman–Crippen MR) is 108 cm³/mol. The second-order valence-electron chi connectivity index (χ2n) is 6.58. The molecule has 0 saturated carbocycles. The highest BCUT2D eigenvalue weighted by molar-refractivity contribution is 9.10. The summed E-state index contributed by atoms with van der Waals surface area (Å²) in [5, 5.41) is 11.8. The Bertz CT molecular complexity index is 1070. The van der Waals surface area contributed by atoms with Crippen LogP contribution in [0.3, 0.4) is 0 Å². The molecule has 7 heteroatoms. The summed E-state index contributed by atoms with van der Waals surface area (Å²) >= 11 is 9.63. The number of halogens is 2. The summed E-state index contributed by atoms with van der Waals surface area (Å²) in [6.07, 6.45) is 0.962. The van der Waals surface area contributed by atoms with Crippen LogP contribution in [0, 0.1) is 0 Å². The Balaban J connectivity index is 1.74. The van der Waals surface area contributed by atoms with E-state index in [0.717, 1.165) is 5.56 Å². The van der Waals surface area contributed by atoms with E-state index in [-0.39, 0.29) is 12.3 Å². The minimum absolute atomic E-state index is 0.0994. The molecule has 2 heterocycles. The first-order valence-corrected chi connectivity index (χ1v) is 9.72. The number of carbonyl (C=O) groups is 2. The molecule has 3 aromatic rings. The van der Waals surface area contributed by atoms with Crippen molar-refractivity contribution in [1.82, 2.24) is 0 Å². The molecule has 1 amide bonds. The topological polar surface area (TPSA) is 70.8 Å². The Kier molecular flexibility index (Phi) is 4.87. The van der Waals surface area contributed by atoms with Crippen LogP contribution in [0.1, 0.15) is 28.1 Å². The van der Waals surface area contributed by atoms with Crippen molar-refractivity contribution in [2.45, 2.75) is 18.6 Å². The number of benzene rings is 2. The van der Waals surface area contributed by atoms with Crippen molar-refractivity contribution in [2.75, 3.05) is 4.90 Å². The number of Topliss-reactive ketones (excluding diaryl/α,β-unsaturated/α-hetero) is 1. The lowest BCUT2D eigenvalue weighted by Crippen LogP contribution is -2.41. The molecule has 142 valence electrons. The largest absolute Gasteiger partial charge is 0.461 e. The third-order valence-electron chi connectivity index (χ3n) is 4.79. The standard InChI is InChI=1S/C21H15BrClNO4/c22-14-7-8-17-15(10-14)21(27,11-18(25)19-6-3-9-28-19)20(26)24(17)12-13-4-1-2-5-16(13)23/h1-10,27H,11-12H2/t21-/m1/s1. The van der Waals surface area contributed by atoms with Gasteiger partial charge in [0, 0.05) is 15.1 Å². The molecule has 0 bridgehead atoms. The lowest BCUT2D eigenvalue weighted by atomic mass is 9.89. The van der Waals surface area contributed by atoms with Crippen molar-refractivity contribution in [3.63, 3.8) is 0 Å². The van der Waals surface area contributed by atoms with Gasteiger partial charge in [0.1, 0.15) is 0 Å². The third-order valence-corrected chi connectivity index (χ3v) is 5.65. The van der Waals surface area contributed by atoms with Crippen LogP contribution in [-0.2, 0) is 16.9 Å². The normalized spacial score (nSPS) is 18.4. The molecule has 4 rings (SSSR count). The van der Waals surface area contributed by atoms with Gasteiger partial charge in [0.05, 0.1) is 24.9 Å². The summed E-state index contributed by atoms with van der Waals surface area (Å²) in [5.74, 6) is -0.922. The minimum atomic E-state index is -1.98. The summed E-state index contributed by atoms with van der Waals surface area (Å²) in [5.41, 5.74) is -0.320. The first kappa shape index (κ1) is 18.9. The van der Waals surface area contributed by atoms with E-state index in [9.17, 15) is 14.7 Å². The van der Waals surface area contributed by atoms with Crippen molar-refractivity contribution in [3.05, 3.63) is 87.2 Å². The third kappa shape index (κ3) is 3.17. The highest BCUT2D eigenvalue weighted by atomic mass is 79.9. The van der Waals surface area contributed by atoms with Crippen molar-refractivity contribution in [3.8, 4) is 0 Å². The van der Waals surface area contributed by atoms with Gasteiger partial charge in [-0.05, 0) is 42.0 Å². The van der Waals surface area contributed by atoms with E-state index in [1.165, 1.54) is 17.2 Å². The van der Waals surface area contributed by atoms with Crippen LogP contribution in [0.4, 0.5) is 5.69 Å². The number of anilines is 1. The molecule has 1 aliphatic heterocycles. The van der Waals surface area contributed by atoms with Crippen LogP contribution < -0.4 is 4.90 Å². The Hall–Kier alpha value is -2.41. The molecule has 0 aliphatic carbocycles. The van der Waals surface area contributed by atoms with Crippen molar-refractivity contribution in [2.24, 2.45) is 0 Å². The van der Waals surface area contributed by atoms with Crippen molar-refractivity contribution < 1.29 is 19.1 Å². The Morgan fingerprint density at radius 1 is 1.18 bits per heavy atom. The molecule has 0 unspecified atom stereocenters.